The quantitative estimate of drug-likeness (QED) is 0.756. The smallest absolute Gasteiger partial charge is 0.0766 e. The summed E-state index contributed by atoms with van der Waals surface area (Å²) >= 11 is 5.22. The maximum atomic E-state index is 4.57. The summed E-state index contributed by atoms with van der Waals surface area (Å²) in [7, 11) is 0. The predicted octanol–water partition coefficient (Wildman–Crippen LogP) is 3.99. The maximum Gasteiger partial charge on any atom is 0.0766 e. The Morgan fingerprint density at radius 2 is 2.00 bits per heavy atom. The van der Waals surface area contributed by atoms with Crippen LogP contribution in [-0.2, 0) is 13.1 Å². The Balaban J connectivity index is 1.58. The van der Waals surface area contributed by atoms with E-state index < -0.39 is 0 Å². The van der Waals surface area contributed by atoms with Crippen molar-refractivity contribution in [2.24, 2.45) is 0 Å². The van der Waals surface area contributed by atoms with Gasteiger partial charge in [-0.25, -0.2) is 4.68 Å². The third-order valence-corrected chi connectivity index (χ3v) is 4.59. The van der Waals surface area contributed by atoms with Crippen molar-refractivity contribution < 1.29 is 0 Å². The lowest BCUT2D eigenvalue weighted by molar-refractivity contribution is 0.675. The zero-order valence-electron chi connectivity index (χ0n) is 10.8. The lowest BCUT2D eigenvalue weighted by Crippen LogP contribution is -2.12. The standard InChI is InChI=1S/C15H14BrN3S/c16-12-8-15(20-11-12)10-17-9-13-6-7-19(18-13)14-4-2-1-3-5-14/h1-8,11,17H,9-10H2. The minimum Gasteiger partial charge on any atom is -0.306 e. The van der Waals surface area contributed by atoms with Crippen molar-refractivity contribution in [2.45, 2.75) is 13.1 Å². The van der Waals surface area contributed by atoms with Crippen LogP contribution in [0, 0.1) is 0 Å². The van der Waals surface area contributed by atoms with Crippen LogP contribution in [-0.4, -0.2) is 9.78 Å². The molecule has 0 fully saturated rings. The summed E-state index contributed by atoms with van der Waals surface area (Å²) in [4.78, 5) is 1.32. The van der Waals surface area contributed by atoms with Crippen molar-refractivity contribution >= 4 is 27.3 Å². The van der Waals surface area contributed by atoms with E-state index in [2.05, 4.69) is 37.8 Å². The average Bonchev–Trinajstić information content (AvgIpc) is 3.09. The number of nitrogens with one attached hydrogen (secondary N) is 1. The molecule has 0 saturated carbocycles. The van der Waals surface area contributed by atoms with Crippen LogP contribution < -0.4 is 5.32 Å². The molecule has 3 rings (SSSR count). The van der Waals surface area contributed by atoms with Gasteiger partial charge in [0, 0.05) is 34.0 Å². The van der Waals surface area contributed by atoms with Gasteiger partial charge in [-0.1, -0.05) is 18.2 Å². The van der Waals surface area contributed by atoms with E-state index in [9.17, 15) is 0 Å². The normalized spacial score (nSPS) is 10.8. The number of halogens is 1. The second kappa shape index (κ2) is 6.35. The summed E-state index contributed by atoms with van der Waals surface area (Å²) < 4.78 is 3.05. The number of hydrogen-bond donors (Lipinski definition) is 1. The van der Waals surface area contributed by atoms with E-state index in [1.807, 2.05) is 47.3 Å². The van der Waals surface area contributed by atoms with Gasteiger partial charge in [0.15, 0.2) is 0 Å². The molecule has 3 nitrogen and oxygen atoms in total. The van der Waals surface area contributed by atoms with Gasteiger partial charge in [0.2, 0.25) is 0 Å². The molecule has 2 aromatic heterocycles. The fraction of sp³-hybridized carbons (Fsp3) is 0.133. The zero-order chi connectivity index (χ0) is 13.8. The molecule has 3 aromatic rings. The zero-order valence-corrected chi connectivity index (χ0v) is 13.2. The number of benzene rings is 1. The van der Waals surface area contributed by atoms with Crippen LogP contribution in [0.5, 0.6) is 0 Å². The third kappa shape index (κ3) is 3.36. The average molecular weight is 348 g/mol. The molecule has 0 radical (unpaired) electrons. The van der Waals surface area contributed by atoms with E-state index in [4.69, 9.17) is 0 Å². The second-order valence-electron chi connectivity index (χ2n) is 4.42. The highest BCUT2D eigenvalue weighted by Crippen LogP contribution is 2.19. The van der Waals surface area contributed by atoms with Crippen LogP contribution in [0.4, 0.5) is 0 Å². The van der Waals surface area contributed by atoms with Crippen molar-refractivity contribution in [3.8, 4) is 5.69 Å². The largest absolute Gasteiger partial charge is 0.306 e. The van der Waals surface area contributed by atoms with Gasteiger partial charge < -0.3 is 5.32 Å². The van der Waals surface area contributed by atoms with E-state index in [0.29, 0.717) is 0 Å². The molecule has 1 aromatic carbocycles. The van der Waals surface area contributed by atoms with Crippen molar-refractivity contribution in [3.05, 3.63) is 69.1 Å². The summed E-state index contributed by atoms with van der Waals surface area (Å²) in [5, 5.41) is 10.1. The SMILES string of the molecule is Brc1csc(CNCc2ccn(-c3ccccc3)n2)c1. The van der Waals surface area contributed by atoms with Crippen LogP contribution in [0.25, 0.3) is 5.69 Å². The van der Waals surface area contributed by atoms with E-state index >= 15 is 0 Å². The number of rotatable bonds is 5. The molecule has 0 saturated heterocycles. The van der Waals surface area contributed by atoms with Gasteiger partial charge in [0.05, 0.1) is 11.4 Å². The molecule has 5 heteroatoms. The predicted molar refractivity (Wildman–Crippen MR) is 86.1 cm³/mol. The highest BCUT2D eigenvalue weighted by atomic mass is 79.9. The molecular formula is C15H14BrN3S. The van der Waals surface area contributed by atoms with Crippen LogP contribution in [0.15, 0.2) is 58.5 Å². The Bertz CT molecular complexity index is 675. The van der Waals surface area contributed by atoms with Crippen LogP contribution in [0.2, 0.25) is 0 Å². The molecule has 0 unspecified atom stereocenters. The molecule has 0 spiro atoms. The molecule has 1 N–H and O–H groups in total. The molecule has 0 aliphatic rings. The van der Waals surface area contributed by atoms with Gasteiger partial charge in [-0.3, -0.25) is 0 Å². The monoisotopic (exact) mass is 347 g/mol. The first kappa shape index (κ1) is 13.5. The molecule has 0 aliphatic carbocycles. The van der Waals surface area contributed by atoms with E-state index in [-0.39, 0.29) is 0 Å². The molecule has 0 atom stereocenters. The maximum absolute atomic E-state index is 4.57. The summed E-state index contributed by atoms with van der Waals surface area (Å²) in [6.45, 7) is 1.64. The van der Waals surface area contributed by atoms with E-state index in [1.54, 1.807) is 11.3 Å². The molecular weight excluding hydrogens is 334 g/mol. The van der Waals surface area contributed by atoms with Crippen LogP contribution in [0.1, 0.15) is 10.6 Å². The van der Waals surface area contributed by atoms with Crippen LogP contribution in [0.3, 0.4) is 0 Å². The van der Waals surface area contributed by atoms with E-state index in [1.165, 1.54) is 4.88 Å². The highest BCUT2D eigenvalue weighted by molar-refractivity contribution is 9.10. The summed E-state index contributed by atoms with van der Waals surface area (Å²) in [6, 6.07) is 14.3. The molecule has 2 heterocycles. The fourth-order valence-electron chi connectivity index (χ4n) is 1.94. The first-order valence-corrected chi connectivity index (χ1v) is 8.02. The summed E-state index contributed by atoms with van der Waals surface area (Å²) in [6.07, 6.45) is 1.99. The van der Waals surface area contributed by atoms with Gasteiger partial charge in [0.25, 0.3) is 0 Å². The number of hydrogen-bond acceptors (Lipinski definition) is 3. The van der Waals surface area contributed by atoms with Gasteiger partial charge in [-0.15, -0.1) is 11.3 Å². The summed E-state index contributed by atoms with van der Waals surface area (Å²) in [5.74, 6) is 0. The Morgan fingerprint density at radius 1 is 1.15 bits per heavy atom. The molecule has 0 aliphatic heterocycles. The summed E-state index contributed by atoms with van der Waals surface area (Å²) in [5.41, 5.74) is 2.13. The Kier molecular flexibility index (Phi) is 4.30. The van der Waals surface area contributed by atoms with Crippen LogP contribution >= 0.6 is 27.3 Å². The van der Waals surface area contributed by atoms with Crippen molar-refractivity contribution in [3.63, 3.8) is 0 Å². The number of nitrogens with zero attached hydrogens (tertiary/aromatic N) is 2. The lowest BCUT2D eigenvalue weighted by Gasteiger charge is -2.01. The lowest BCUT2D eigenvalue weighted by atomic mass is 10.3. The van der Waals surface area contributed by atoms with Gasteiger partial charge >= 0.3 is 0 Å². The minimum absolute atomic E-state index is 0.773. The third-order valence-electron chi connectivity index (χ3n) is 2.89. The second-order valence-corrected chi connectivity index (χ2v) is 6.33. The number of thiophene rings is 1. The van der Waals surface area contributed by atoms with Gasteiger partial charge in [-0.05, 0) is 40.2 Å². The molecule has 102 valence electrons. The van der Waals surface area contributed by atoms with Gasteiger partial charge in [-0.2, -0.15) is 5.10 Å². The fourth-order valence-corrected chi connectivity index (χ4v) is 3.36. The first-order chi connectivity index (χ1) is 9.81. The molecule has 0 amide bonds. The number of para-hydroxylation sites is 1. The van der Waals surface area contributed by atoms with Crippen molar-refractivity contribution in [1.29, 1.82) is 0 Å². The minimum atomic E-state index is 0.773. The van der Waals surface area contributed by atoms with Crippen molar-refractivity contribution in [1.82, 2.24) is 15.1 Å². The topological polar surface area (TPSA) is 29.9 Å². The highest BCUT2D eigenvalue weighted by Gasteiger charge is 2.01. The Labute approximate surface area is 130 Å². The van der Waals surface area contributed by atoms with Crippen molar-refractivity contribution in [2.75, 3.05) is 0 Å². The Morgan fingerprint density at radius 3 is 2.75 bits per heavy atom. The first-order valence-electron chi connectivity index (χ1n) is 6.35. The number of aromatic nitrogens is 2. The molecule has 20 heavy (non-hydrogen) atoms. The van der Waals surface area contributed by atoms with E-state index in [0.717, 1.165) is 28.9 Å². The van der Waals surface area contributed by atoms with Gasteiger partial charge in [0.1, 0.15) is 0 Å². The molecule has 0 bridgehead atoms. The Hall–Kier alpha value is -1.43.